The molecule has 1 aliphatic heterocycles. The summed E-state index contributed by atoms with van der Waals surface area (Å²) in [5, 5.41) is 0. The first-order valence-corrected chi connectivity index (χ1v) is 11.1. The molecule has 0 amide bonds. The van der Waals surface area contributed by atoms with Gasteiger partial charge in [0.1, 0.15) is 0 Å². The largest absolute Gasteiger partial charge is 0.493 e. The molecule has 7 nitrogen and oxygen atoms in total. The van der Waals surface area contributed by atoms with E-state index in [4.69, 9.17) is 14.2 Å². The van der Waals surface area contributed by atoms with Crippen molar-refractivity contribution in [2.24, 2.45) is 0 Å². The van der Waals surface area contributed by atoms with E-state index in [1.54, 1.807) is 37.4 Å². The monoisotopic (exact) mass is 483 g/mol. The number of benzene rings is 2. The van der Waals surface area contributed by atoms with Crippen molar-refractivity contribution in [2.75, 3.05) is 27.9 Å². The van der Waals surface area contributed by atoms with Crippen LogP contribution in [0.4, 0.5) is 0 Å². The Morgan fingerprint density at radius 3 is 2.31 bits per heavy atom. The van der Waals surface area contributed by atoms with E-state index in [-0.39, 0.29) is 17.9 Å². The molecule has 2 aromatic carbocycles. The van der Waals surface area contributed by atoms with Crippen LogP contribution in [0.25, 0.3) is 0 Å². The van der Waals surface area contributed by atoms with Crippen LogP contribution < -0.4 is 9.47 Å². The van der Waals surface area contributed by atoms with E-state index in [2.05, 4.69) is 15.9 Å². The summed E-state index contributed by atoms with van der Waals surface area (Å²) in [7, 11) is 0.516. The van der Waals surface area contributed by atoms with Crippen LogP contribution in [-0.4, -0.2) is 46.6 Å². The maximum atomic E-state index is 13.4. The lowest BCUT2D eigenvalue weighted by Gasteiger charge is -2.36. The molecule has 9 heteroatoms. The summed E-state index contributed by atoms with van der Waals surface area (Å²) < 4.78 is 44.5. The van der Waals surface area contributed by atoms with Gasteiger partial charge in [0.15, 0.2) is 11.5 Å². The smallest absolute Gasteiger partial charge is 0.307 e. The summed E-state index contributed by atoms with van der Waals surface area (Å²) in [5.74, 6) is 0.546. The number of rotatable bonds is 6. The third-order valence-corrected chi connectivity index (χ3v) is 7.41. The van der Waals surface area contributed by atoms with E-state index in [1.807, 2.05) is 6.07 Å². The number of esters is 1. The molecule has 0 aliphatic carbocycles. The normalized spacial score (nSPS) is 16.8. The van der Waals surface area contributed by atoms with Gasteiger partial charge in [-0.25, -0.2) is 8.42 Å². The minimum atomic E-state index is -3.83. The van der Waals surface area contributed by atoms with Gasteiger partial charge in [0.25, 0.3) is 0 Å². The minimum Gasteiger partial charge on any atom is -0.493 e. The molecule has 0 aromatic heterocycles. The van der Waals surface area contributed by atoms with E-state index in [9.17, 15) is 13.2 Å². The molecule has 0 saturated carbocycles. The number of nitrogens with zero attached hydrogens (tertiary/aromatic N) is 1. The summed E-state index contributed by atoms with van der Waals surface area (Å²) in [6.45, 7) is 0.239. The second-order valence-electron chi connectivity index (χ2n) is 6.52. The standard InChI is InChI=1S/C20H22BrNO6S/c1-26-18-10-13-8-9-22(29(24,25)15-6-4-14(21)5-7-15)17(12-20(23)28-3)16(13)11-19(18)27-2/h4-7,10-11,17H,8-9,12H2,1-3H3/t17-/m1/s1. The molecule has 0 bridgehead atoms. The van der Waals surface area contributed by atoms with Gasteiger partial charge in [-0.2, -0.15) is 4.31 Å². The first-order chi connectivity index (χ1) is 13.8. The van der Waals surface area contributed by atoms with E-state index in [0.717, 1.165) is 10.0 Å². The first-order valence-electron chi connectivity index (χ1n) is 8.90. The van der Waals surface area contributed by atoms with Crippen molar-refractivity contribution in [1.82, 2.24) is 4.31 Å². The Bertz CT molecular complexity index is 1010. The Hall–Kier alpha value is -2.10. The van der Waals surface area contributed by atoms with Crippen molar-refractivity contribution >= 4 is 31.9 Å². The predicted molar refractivity (Wildman–Crippen MR) is 111 cm³/mol. The van der Waals surface area contributed by atoms with Gasteiger partial charge >= 0.3 is 5.97 Å². The number of methoxy groups -OCH3 is 3. The van der Waals surface area contributed by atoms with Crippen LogP contribution in [0.15, 0.2) is 45.8 Å². The number of ether oxygens (including phenoxy) is 3. The third kappa shape index (κ3) is 4.26. The topological polar surface area (TPSA) is 82.1 Å². The van der Waals surface area contributed by atoms with Crippen molar-refractivity contribution in [3.8, 4) is 11.5 Å². The molecule has 0 N–H and O–H groups in total. The highest BCUT2D eigenvalue weighted by Gasteiger charge is 2.38. The minimum absolute atomic E-state index is 0.102. The van der Waals surface area contributed by atoms with Crippen LogP contribution in [0.1, 0.15) is 23.6 Å². The quantitative estimate of drug-likeness (QED) is 0.586. The van der Waals surface area contributed by atoms with E-state index in [0.29, 0.717) is 23.5 Å². The molecule has 0 unspecified atom stereocenters. The molecular weight excluding hydrogens is 462 g/mol. The molecule has 29 heavy (non-hydrogen) atoms. The van der Waals surface area contributed by atoms with Gasteiger partial charge in [-0.05, 0) is 53.9 Å². The van der Waals surface area contributed by atoms with E-state index in [1.165, 1.54) is 18.5 Å². The molecule has 0 radical (unpaired) electrons. The average molecular weight is 484 g/mol. The van der Waals surface area contributed by atoms with Crippen LogP contribution >= 0.6 is 15.9 Å². The molecule has 1 atom stereocenters. The molecule has 3 rings (SSSR count). The predicted octanol–water partition coefficient (Wildman–Crippen LogP) is 3.32. The van der Waals surface area contributed by atoms with Gasteiger partial charge in [-0.1, -0.05) is 15.9 Å². The number of fused-ring (bicyclic) bond motifs is 1. The van der Waals surface area contributed by atoms with Crippen LogP contribution in [-0.2, 0) is 26.0 Å². The van der Waals surface area contributed by atoms with Gasteiger partial charge in [-0.15, -0.1) is 0 Å². The van der Waals surface area contributed by atoms with Crippen molar-refractivity contribution < 1.29 is 27.4 Å². The summed E-state index contributed by atoms with van der Waals surface area (Å²) in [4.78, 5) is 12.3. The molecule has 1 aliphatic rings. The fourth-order valence-electron chi connectivity index (χ4n) is 3.49. The number of sulfonamides is 1. The third-order valence-electron chi connectivity index (χ3n) is 4.96. The molecule has 0 spiro atoms. The Morgan fingerprint density at radius 2 is 1.72 bits per heavy atom. The lowest BCUT2D eigenvalue weighted by atomic mass is 9.91. The van der Waals surface area contributed by atoms with E-state index < -0.39 is 22.0 Å². The van der Waals surface area contributed by atoms with Crippen molar-refractivity contribution in [3.05, 3.63) is 52.0 Å². The zero-order valence-corrected chi connectivity index (χ0v) is 18.7. The van der Waals surface area contributed by atoms with E-state index >= 15 is 0 Å². The summed E-state index contributed by atoms with van der Waals surface area (Å²) in [6.07, 6.45) is 0.387. The van der Waals surface area contributed by atoms with Gasteiger partial charge in [0.05, 0.1) is 38.7 Å². The van der Waals surface area contributed by atoms with Gasteiger partial charge in [0, 0.05) is 11.0 Å². The fraction of sp³-hybridized carbons (Fsp3) is 0.350. The Morgan fingerprint density at radius 1 is 1.10 bits per heavy atom. The lowest BCUT2D eigenvalue weighted by molar-refractivity contribution is -0.141. The Kier molecular flexibility index (Phi) is 6.50. The second-order valence-corrected chi connectivity index (χ2v) is 9.33. The zero-order chi connectivity index (χ0) is 21.2. The van der Waals surface area contributed by atoms with Crippen molar-refractivity contribution in [2.45, 2.75) is 23.8 Å². The van der Waals surface area contributed by atoms with Gasteiger partial charge < -0.3 is 14.2 Å². The maximum Gasteiger partial charge on any atom is 0.307 e. The average Bonchev–Trinajstić information content (AvgIpc) is 2.72. The van der Waals surface area contributed by atoms with Crippen LogP contribution in [0.3, 0.4) is 0 Å². The maximum absolute atomic E-state index is 13.4. The Balaban J connectivity index is 2.11. The first kappa shape index (κ1) is 21.6. The highest BCUT2D eigenvalue weighted by atomic mass is 79.9. The molecule has 1 heterocycles. The molecule has 2 aromatic rings. The molecular formula is C20H22BrNO6S. The van der Waals surface area contributed by atoms with Crippen LogP contribution in [0.5, 0.6) is 11.5 Å². The number of hydrogen-bond donors (Lipinski definition) is 0. The number of hydrogen-bond acceptors (Lipinski definition) is 6. The Labute approximate surface area is 178 Å². The van der Waals surface area contributed by atoms with Gasteiger partial charge in [0.2, 0.25) is 10.0 Å². The van der Waals surface area contributed by atoms with Gasteiger partial charge in [-0.3, -0.25) is 4.79 Å². The van der Waals surface area contributed by atoms with Crippen molar-refractivity contribution in [1.29, 1.82) is 0 Å². The SMILES string of the molecule is COC(=O)C[C@@H]1c2cc(OC)c(OC)cc2CCN1S(=O)(=O)c1ccc(Br)cc1. The van der Waals surface area contributed by atoms with Crippen molar-refractivity contribution in [3.63, 3.8) is 0 Å². The molecule has 0 saturated heterocycles. The highest BCUT2D eigenvalue weighted by Crippen LogP contribution is 2.41. The fourth-order valence-corrected chi connectivity index (χ4v) is 5.36. The number of carbonyl (C=O) groups excluding carboxylic acids is 1. The summed E-state index contributed by atoms with van der Waals surface area (Å²) in [6, 6.07) is 9.30. The lowest BCUT2D eigenvalue weighted by Crippen LogP contribution is -2.41. The number of halogens is 1. The zero-order valence-electron chi connectivity index (χ0n) is 16.3. The summed E-state index contributed by atoms with van der Waals surface area (Å²) in [5.41, 5.74) is 1.62. The van der Waals surface area contributed by atoms with Crippen LogP contribution in [0, 0.1) is 0 Å². The highest BCUT2D eigenvalue weighted by molar-refractivity contribution is 9.10. The molecule has 0 fully saturated rings. The second kappa shape index (κ2) is 8.73. The molecule has 156 valence electrons. The number of carbonyl (C=O) groups is 1. The summed E-state index contributed by atoms with van der Waals surface area (Å²) >= 11 is 3.32. The van der Waals surface area contributed by atoms with Crippen LogP contribution in [0.2, 0.25) is 0 Å².